The molecule has 0 spiro atoms. The summed E-state index contributed by atoms with van der Waals surface area (Å²) in [7, 11) is 0. The third kappa shape index (κ3) is 2.34. The number of para-hydroxylation sites is 1. The van der Waals surface area contributed by atoms with Crippen LogP contribution in [0.1, 0.15) is 11.8 Å². The summed E-state index contributed by atoms with van der Waals surface area (Å²) in [5.41, 5.74) is 8.83. The van der Waals surface area contributed by atoms with E-state index in [1.165, 1.54) is 10.6 Å². The predicted molar refractivity (Wildman–Crippen MR) is 87.2 cm³/mol. The molecule has 0 aliphatic carbocycles. The van der Waals surface area contributed by atoms with Crippen molar-refractivity contribution in [2.24, 2.45) is 0 Å². The van der Waals surface area contributed by atoms with Gasteiger partial charge in [0.25, 0.3) is 0 Å². The molecule has 0 unspecified atom stereocenters. The molecular formula is C16H17N3S. The molecule has 2 N–H and O–H groups in total. The maximum Gasteiger partial charge on any atom is 0.0951 e. The van der Waals surface area contributed by atoms with Gasteiger partial charge in [-0.3, -0.25) is 4.98 Å². The average molecular weight is 283 g/mol. The number of thiophene rings is 1. The molecule has 3 rings (SSSR count). The van der Waals surface area contributed by atoms with E-state index in [4.69, 9.17) is 5.73 Å². The number of hydrogen-bond acceptors (Lipinski definition) is 4. The molecule has 2 heterocycles. The minimum Gasteiger partial charge on any atom is -0.397 e. The highest BCUT2D eigenvalue weighted by Gasteiger charge is 2.11. The molecule has 4 heteroatoms. The van der Waals surface area contributed by atoms with E-state index in [0.29, 0.717) is 0 Å². The van der Waals surface area contributed by atoms with Gasteiger partial charge in [0.05, 0.1) is 17.7 Å². The standard InChI is InChI=1S/C16H17N3S/c1-2-19(11-12-5-4-10-20-12)15-8-9-18-16-13(15)6-3-7-14(16)17/h3-10H,2,11,17H2,1H3. The van der Waals surface area contributed by atoms with Gasteiger partial charge in [-0.25, -0.2) is 0 Å². The predicted octanol–water partition coefficient (Wildman–Crippen LogP) is 3.91. The Morgan fingerprint density at radius 1 is 1.20 bits per heavy atom. The van der Waals surface area contributed by atoms with Crippen molar-refractivity contribution in [2.45, 2.75) is 13.5 Å². The van der Waals surface area contributed by atoms with Crippen LogP contribution in [0.2, 0.25) is 0 Å². The molecule has 102 valence electrons. The molecule has 20 heavy (non-hydrogen) atoms. The molecule has 3 nitrogen and oxygen atoms in total. The summed E-state index contributed by atoms with van der Waals surface area (Å²) in [4.78, 5) is 8.12. The van der Waals surface area contributed by atoms with E-state index in [-0.39, 0.29) is 0 Å². The fourth-order valence-corrected chi connectivity index (χ4v) is 3.14. The van der Waals surface area contributed by atoms with Gasteiger partial charge in [0.15, 0.2) is 0 Å². The van der Waals surface area contributed by atoms with E-state index in [2.05, 4.69) is 46.5 Å². The Balaban J connectivity index is 2.05. The van der Waals surface area contributed by atoms with Crippen LogP contribution >= 0.6 is 11.3 Å². The summed E-state index contributed by atoms with van der Waals surface area (Å²) in [5, 5.41) is 3.23. The van der Waals surface area contributed by atoms with Crippen molar-refractivity contribution in [2.75, 3.05) is 17.2 Å². The molecule has 0 bridgehead atoms. The normalized spacial score (nSPS) is 10.8. The molecule has 0 saturated carbocycles. The smallest absolute Gasteiger partial charge is 0.0951 e. The van der Waals surface area contributed by atoms with Crippen LogP contribution in [0.25, 0.3) is 10.9 Å². The lowest BCUT2D eigenvalue weighted by atomic mass is 10.1. The number of anilines is 2. The van der Waals surface area contributed by atoms with Crippen molar-refractivity contribution < 1.29 is 0 Å². The first-order valence-corrected chi connectivity index (χ1v) is 7.58. The summed E-state index contributed by atoms with van der Waals surface area (Å²) in [6.07, 6.45) is 1.84. The monoisotopic (exact) mass is 283 g/mol. The lowest BCUT2D eigenvalue weighted by molar-refractivity contribution is 0.846. The zero-order chi connectivity index (χ0) is 13.9. The number of nitrogen functional groups attached to an aromatic ring is 1. The topological polar surface area (TPSA) is 42.2 Å². The number of hydrogen-bond donors (Lipinski definition) is 1. The second-order valence-electron chi connectivity index (χ2n) is 4.67. The third-order valence-electron chi connectivity index (χ3n) is 3.43. The first-order chi connectivity index (χ1) is 9.79. The van der Waals surface area contributed by atoms with Crippen LogP contribution in [0.15, 0.2) is 48.0 Å². The zero-order valence-corrected chi connectivity index (χ0v) is 12.2. The largest absolute Gasteiger partial charge is 0.397 e. The summed E-state index contributed by atoms with van der Waals surface area (Å²) in [5.74, 6) is 0. The van der Waals surface area contributed by atoms with E-state index in [9.17, 15) is 0 Å². The Kier molecular flexibility index (Phi) is 3.56. The molecule has 0 atom stereocenters. The summed E-state index contributed by atoms with van der Waals surface area (Å²) < 4.78 is 0. The van der Waals surface area contributed by atoms with Gasteiger partial charge in [-0.05, 0) is 30.5 Å². The Bertz CT molecular complexity index is 707. The number of benzene rings is 1. The Morgan fingerprint density at radius 3 is 2.85 bits per heavy atom. The van der Waals surface area contributed by atoms with Gasteiger partial charge in [0, 0.05) is 28.7 Å². The van der Waals surface area contributed by atoms with Gasteiger partial charge in [0.2, 0.25) is 0 Å². The van der Waals surface area contributed by atoms with Crippen molar-refractivity contribution in [3.05, 3.63) is 52.9 Å². The van der Waals surface area contributed by atoms with Crippen molar-refractivity contribution in [1.29, 1.82) is 0 Å². The van der Waals surface area contributed by atoms with E-state index in [1.54, 1.807) is 11.3 Å². The highest BCUT2D eigenvalue weighted by atomic mass is 32.1. The van der Waals surface area contributed by atoms with Gasteiger partial charge in [0.1, 0.15) is 0 Å². The van der Waals surface area contributed by atoms with E-state index in [0.717, 1.165) is 29.7 Å². The van der Waals surface area contributed by atoms with Crippen molar-refractivity contribution >= 4 is 33.6 Å². The molecule has 0 fully saturated rings. The maximum absolute atomic E-state index is 6.02. The van der Waals surface area contributed by atoms with Crippen LogP contribution in [0, 0.1) is 0 Å². The first kappa shape index (κ1) is 12.9. The van der Waals surface area contributed by atoms with Crippen molar-refractivity contribution in [3.8, 4) is 0 Å². The lowest BCUT2D eigenvalue weighted by Crippen LogP contribution is -2.21. The average Bonchev–Trinajstić information content (AvgIpc) is 2.98. The highest BCUT2D eigenvalue weighted by molar-refractivity contribution is 7.09. The number of rotatable bonds is 4. The number of aromatic nitrogens is 1. The van der Waals surface area contributed by atoms with Gasteiger partial charge in [-0.2, -0.15) is 0 Å². The second kappa shape index (κ2) is 5.51. The number of nitrogens with two attached hydrogens (primary N) is 1. The number of nitrogens with zero attached hydrogens (tertiary/aromatic N) is 2. The van der Waals surface area contributed by atoms with E-state index >= 15 is 0 Å². The molecular weight excluding hydrogens is 266 g/mol. The minimum absolute atomic E-state index is 0.733. The summed E-state index contributed by atoms with van der Waals surface area (Å²) in [6.45, 7) is 4.04. The molecule has 1 aromatic carbocycles. The Labute approximate surface area is 122 Å². The van der Waals surface area contributed by atoms with Crippen molar-refractivity contribution in [3.63, 3.8) is 0 Å². The van der Waals surface area contributed by atoms with Crippen LogP contribution < -0.4 is 10.6 Å². The molecule has 0 radical (unpaired) electrons. The van der Waals surface area contributed by atoms with Crippen LogP contribution in [0.5, 0.6) is 0 Å². The molecule has 0 amide bonds. The SMILES string of the molecule is CCN(Cc1cccs1)c1ccnc2c(N)cccc12. The molecule has 0 aliphatic heterocycles. The molecule has 0 saturated heterocycles. The first-order valence-electron chi connectivity index (χ1n) is 6.70. The fraction of sp³-hybridized carbons (Fsp3) is 0.188. The Morgan fingerprint density at radius 2 is 2.10 bits per heavy atom. The number of pyridine rings is 1. The van der Waals surface area contributed by atoms with Crippen LogP contribution in [0.4, 0.5) is 11.4 Å². The van der Waals surface area contributed by atoms with Crippen LogP contribution in [-0.2, 0) is 6.54 Å². The third-order valence-corrected chi connectivity index (χ3v) is 4.29. The second-order valence-corrected chi connectivity index (χ2v) is 5.70. The minimum atomic E-state index is 0.733. The van der Waals surface area contributed by atoms with Gasteiger partial charge >= 0.3 is 0 Å². The lowest BCUT2D eigenvalue weighted by Gasteiger charge is -2.24. The van der Waals surface area contributed by atoms with Crippen LogP contribution in [-0.4, -0.2) is 11.5 Å². The zero-order valence-electron chi connectivity index (χ0n) is 11.4. The Hall–Kier alpha value is -2.07. The van der Waals surface area contributed by atoms with E-state index < -0.39 is 0 Å². The van der Waals surface area contributed by atoms with Crippen LogP contribution in [0.3, 0.4) is 0 Å². The van der Waals surface area contributed by atoms with Gasteiger partial charge in [-0.1, -0.05) is 18.2 Å². The molecule has 2 aromatic heterocycles. The summed E-state index contributed by atoms with van der Waals surface area (Å²) >= 11 is 1.79. The highest BCUT2D eigenvalue weighted by Crippen LogP contribution is 2.29. The van der Waals surface area contributed by atoms with E-state index in [1.807, 2.05) is 18.3 Å². The maximum atomic E-state index is 6.02. The molecule has 3 aromatic rings. The number of fused-ring (bicyclic) bond motifs is 1. The molecule has 0 aliphatic rings. The van der Waals surface area contributed by atoms with Crippen molar-refractivity contribution in [1.82, 2.24) is 4.98 Å². The van der Waals surface area contributed by atoms with Gasteiger partial charge < -0.3 is 10.6 Å². The van der Waals surface area contributed by atoms with Gasteiger partial charge in [-0.15, -0.1) is 11.3 Å². The quantitative estimate of drug-likeness (QED) is 0.738. The fourth-order valence-electron chi connectivity index (χ4n) is 2.42. The summed E-state index contributed by atoms with van der Waals surface area (Å²) in [6, 6.07) is 12.3.